The quantitative estimate of drug-likeness (QED) is 0.319. The highest BCUT2D eigenvalue weighted by Gasteiger charge is 2.54. The minimum atomic E-state index is -4.40. The van der Waals surface area contributed by atoms with Gasteiger partial charge in [-0.05, 0) is 80.2 Å². The van der Waals surface area contributed by atoms with E-state index in [1.807, 2.05) is 13.0 Å². The van der Waals surface area contributed by atoms with Crippen molar-refractivity contribution in [2.24, 2.45) is 34.7 Å². The van der Waals surface area contributed by atoms with Crippen molar-refractivity contribution in [3.63, 3.8) is 0 Å². The van der Waals surface area contributed by atoms with E-state index >= 15 is 0 Å². The van der Waals surface area contributed by atoms with E-state index in [4.69, 9.17) is 4.74 Å². The Morgan fingerprint density at radius 2 is 2.03 bits per heavy atom. The van der Waals surface area contributed by atoms with Gasteiger partial charge in [-0.1, -0.05) is 29.4 Å². The van der Waals surface area contributed by atoms with Gasteiger partial charge in [0.25, 0.3) is 0 Å². The molecule has 1 aromatic heterocycles. The molecule has 4 unspecified atom stereocenters. The normalized spacial score (nSPS) is 31.9. The van der Waals surface area contributed by atoms with Gasteiger partial charge in [0, 0.05) is 17.7 Å². The number of allylic oxidation sites excluding steroid dienone is 1. The molecular weight excluding hydrogens is 457 g/mol. The van der Waals surface area contributed by atoms with Crippen molar-refractivity contribution in [1.82, 2.24) is 4.98 Å². The monoisotopic (exact) mass is 484 g/mol. The Hall–Kier alpha value is -3.16. The third-order valence-corrected chi connectivity index (χ3v) is 7.93. The van der Waals surface area contributed by atoms with Crippen molar-refractivity contribution in [1.29, 1.82) is 0 Å². The molecule has 5 nitrogen and oxygen atoms in total. The summed E-state index contributed by atoms with van der Waals surface area (Å²) in [5.41, 5.74) is 1.84. The van der Waals surface area contributed by atoms with Crippen LogP contribution in [0.4, 0.5) is 13.2 Å². The second kappa shape index (κ2) is 9.13. The van der Waals surface area contributed by atoms with E-state index in [2.05, 4.69) is 16.2 Å². The molecule has 1 aromatic carbocycles. The van der Waals surface area contributed by atoms with Crippen LogP contribution >= 0.6 is 0 Å². The lowest BCUT2D eigenvalue weighted by Crippen LogP contribution is -2.44. The first kappa shape index (κ1) is 23.6. The molecule has 0 amide bonds. The minimum absolute atomic E-state index is 0.0578. The molecule has 6 atom stereocenters. The Morgan fingerprint density at radius 1 is 1.20 bits per heavy atom. The fourth-order valence-corrected chi connectivity index (χ4v) is 6.25. The molecule has 0 spiro atoms. The largest absolute Gasteiger partial charge is 0.462 e. The second-order valence-electron chi connectivity index (χ2n) is 9.88. The first-order chi connectivity index (χ1) is 16.7. The molecule has 2 aliphatic carbocycles. The number of fused-ring (bicyclic) bond motifs is 2. The SMILES string of the molecule is C[C@H]1OC(=O)C2CC3CC/C(=N/O)CC3[C@H](/C=C/c3ccc(-c4cccc(C(F)(F)F)c4)cn3)C21. The lowest BCUT2D eigenvalue weighted by molar-refractivity contribution is -0.144. The van der Waals surface area contributed by atoms with Crippen LogP contribution in [0.3, 0.4) is 0 Å². The Bertz CT molecular complexity index is 1160. The van der Waals surface area contributed by atoms with Crippen LogP contribution < -0.4 is 0 Å². The van der Waals surface area contributed by atoms with Gasteiger partial charge >= 0.3 is 12.1 Å². The highest BCUT2D eigenvalue weighted by atomic mass is 19.4. The van der Waals surface area contributed by atoms with E-state index in [0.717, 1.165) is 37.1 Å². The Kier molecular flexibility index (Phi) is 6.15. The Morgan fingerprint density at radius 3 is 2.74 bits per heavy atom. The van der Waals surface area contributed by atoms with Crippen molar-refractivity contribution >= 4 is 17.8 Å². The lowest BCUT2D eigenvalue weighted by atomic mass is 9.57. The summed E-state index contributed by atoms with van der Waals surface area (Å²) in [7, 11) is 0. The van der Waals surface area contributed by atoms with E-state index in [9.17, 15) is 23.2 Å². The van der Waals surface area contributed by atoms with Crippen LogP contribution in [0.25, 0.3) is 17.2 Å². The van der Waals surface area contributed by atoms with Gasteiger partial charge in [0.15, 0.2) is 0 Å². The number of rotatable bonds is 3. The molecule has 1 saturated heterocycles. The summed E-state index contributed by atoms with van der Waals surface area (Å²) >= 11 is 0. The number of hydrogen-bond acceptors (Lipinski definition) is 5. The number of cyclic esters (lactones) is 1. The number of carbonyl (C=O) groups is 1. The number of aromatic nitrogens is 1. The van der Waals surface area contributed by atoms with Crippen LogP contribution in [-0.2, 0) is 15.7 Å². The molecule has 2 aromatic rings. The van der Waals surface area contributed by atoms with Gasteiger partial charge in [0.2, 0.25) is 0 Å². The zero-order valence-corrected chi connectivity index (χ0v) is 19.3. The fraction of sp³-hybridized carbons (Fsp3) is 0.444. The van der Waals surface area contributed by atoms with Crippen molar-refractivity contribution in [3.05, 3.63) is 59.9 Å². The Labute approximate surface area is 201 Å². The predicted molar refractivity (Wildman–Crippen MR) is 124 cm³/mol. The molecule has 3 aliphatic rings. The van der Waals surface area contributed by atoms with Gasteiger partial charge in [-0.3, -0.25) is 9.78 Å². The smallest absolute Gasteiger partial charge is 0.416 e. The number of hydrogen-bond donors (Lipinski definition) is 1. The zero-order chi connectivity index (χ0) is 24.7. The van der Waals surface area contributed by atoms with E-state index in [0.29, 0.717) is 29.2 Å². The molecule has 2 heterocycles. The van der Waals surface area contributed by atoms with Crippen LogP contribution in [0, 0.1) is 29.6 Å². The first-order valence-electron chi connectivity index (χ1n) is 12.0. The first-order valence-corrected chi connectivity index (χ1v) is 12.0. The van der Waals surface area contributed by atoms with Crippen molar-refractivity contribution in [2.75, 3.05) is 0 Å². The lowest BCUT2D eigenvalue weighted by Gasteiger charge is -2.45. The van der Waals surface area contributed by atoms with Crippen molar-refractivity contribution in [3.8, 4) is 11.1 Å². The number of oxime groups is 1. The molecule has 8 heteroatoms. The number of carbonyl (C=O) groups excluding carboxylic acids is 1. The number of esters is 1. The average molecular weight is 485 g/mol. The topological polar surface area (TPSA) is 71.8 Å². The summed E-state index contributed by atoms with van der Waals surface area (Å²) in [6, 6.07) is 8.74. The van der Waals surface area contributed by atoms with E-state index in [-0.39, 0.29) is 35.7 Å². The van der Waals surface area contributed by atoms with Gasteiger partial charge < -0.3 is 9.94 Å². The van der Waals surface area contributed by atoms with Crippen LogP contribution in [0.2, 0.25) is 0 Å². The van der Waals surface area contributed by atoms with Crippen LogP contribution in [0.15, 0.2) is 53.8 Å². The second-order valence-corrected chi connectivity index (χ2v) is 9.88. The molecule has 2 saturated carbocycles. The summed E-state index contributed by atoms with van der Waals surface area (Å²) in [5.74, 6) is 0.512. The highest BCUT2D eigenvalue weighted by Crippen LogP contribution is 2.53. The standard InChI is InChI=1S/C27H27F3N2O3/c1-15-25-22(23-13-21(32-34)8-5-17(23)12-24(25)26(33)35-15)10-9-20-7-6-18(14-31-20)16-3-2-4-19(11-16)27(28,29)30/h2-4,6-7,9-11,14-15,17,22-25,34H,5,8,12-13H2,1H3/b10-9+,32-21-/t15-,17?,22+,23?,24?,25?/m1/s1. The molecular formula is C27H27F3N2O3. The van der Waals surface area contributed by atoms with Crippen molar-refractivity contribution in [2.45, 2.75) is 44.9 Å². The predicted octanol–water partition coefficient (Wildman–Crippen LogP) is 6.22. The number of halogens is 3. The van der Waals surface area contributed by atoms with E-state index in [1.165, 1.54) is 6.07 Å². The maximum absolute atomic E-state index is 13.1. The zero-order valence-electron chi connectivity index (χ0n) is 19.3. The molecule has 1 aliphatic heterocycles. The third-order valence-electron chi connectivity index (χ3n) is 7.93. The van der Waals surface area contributed by atoms with Gasteiger partial charge in [0.1, 0.15) is 6.10 Å². The summed E-state index contributed by atoms with van der Waals surface area (Å²) in [6.07, 6.45) is 4.15. The molecule has 1 N–H and O–H groups in total. The van der Waals surface area contributed by atoms with Crippen LogP contribution in [-0.4, -0.2) is 28.0 Å². The van der Waals surface area contributed by atoms with Crippen LogP contribution in [0.1, 0.15) is 43.9 Å². The van der Waals surface area contributed by atoms with Gasteiger partial charge in [-0.25, -0.2) is 0 Å². The third kappa shape index (κ3) is 4.58. The number of pyridine rings is 1. The summed E-state index contributed by atoms with van der Waals surface area (Å²) in [4.78, 5) is 17.0. The van der Waals surface area contributed by atoms with Crippen molar-refractivity contribution < 1.29 is 27.9 Å². The molecule has 0 radical (unpaired) electrons. The molecule has 35 heavy (non-hydrogen) atoms. The summed E-state index contributed by atoms with van der Waals surface area (Å²) in [5, 5.41) is 12.8. The van der Waals surface area contributed by atoms with Gasteiger partial charge in [0.05, 0.1) is 22.9 Å². The highest BCUT2D eigenvalue weighted by molar-refractivity contribution is 5.85. The fourth-order valence-electron chi connectivity index (χ4n) is 6.25. The summed E-state index contributed by atoms with van der Waals surface area (Å²) < 4.78 is 44.8. The van der Waals surface area contributed by atoms with E-state index in [1.54, 1.807) is 24.4 Å². The minimum Gasteiger partial charge on any atom is -0.462 e. The number of nitrogens with zero attached hydrogens (tertiary/aromatic N) is 2. The molecule has 3 fully saturated rings. The molecule has 0 bridgehead atoms. The van der Waals surface area contributed by atoms with Gasteiger partial charge in [-0.2, -0.15) is 13.2 Å². The van der Waals surface area contributed by atoms with Crippen LogP contribution in [0.5, 0.6) is 0 Å². The number of alkyl halides is 3. The average Bonchev–Trinajstić information content (AvgIpc) is 3.14. The van der Waals surface area contributed by atoms with Gasteiger partial charge in [-0.15, -0.1) is 0 Å². The maximum atomic E-state index is 13.1. The maximum Gasteiger partial charge on any atom is 0.416 e. The number of ether oxygens (including phenoxy) is 1. The van der Waals surface area contributed by atoms with E-state index < -0.39 is 11.7 Å². The summed E-state index contributed by atoms with van der Waals surface area (Å²) in [6.45, 7) is 1.94. The number of benzene rings is 1. The molecule has 5 rings (SSSR count). The molecule has 184 valence electrons. The Balaban J connectivity index is 1.40.